The van der Waals surface area contributed by atoms with E-state index in [1.807, 2.05) is 12.1 Å². The molecular formula is C24H21NO. The molecule has 2 heterocycles. The van der Waals surface area contributed by atoms with E-state index in [-0.39, 0.29) is 12.1 Å². The molecule has 2 aliphatic rings. The van der Waals surface area contributed by atoms with Gasteiger partial charge in [-0.25, -0.2) is 0 Å². The molecule has 0 radical (unpaired) electrons. The van der Waals surface area contributed by atoms with Crippen molar-refractivity contribution in [2.24, 2.45) is 4.99 Å². The second-order valence-corrected chi connectivity index (χ2v) is 7.18. The third-order valence-corrected chi connectivity index (χ3v) is 5.57. The fourth-order valence-electron chi connectivity index (χ4n) is 4.22. The van der Waals surface area contributed by atoms with E-state index in [1.54, 1.807) is 0 Å². The zero-order valence-electron chi connectivity index (χ0n) is 14.8. The predicted octanol–water partition coefficient (Wildman–Crippen LogP) is 5.48. The standard InChI is InChI=1S/C24H21NO/c1-16-24-21(20-9-5-6-10-23(20)26-16)15-22(25-24)19-13-11-18(12-14-19)17-7-3-2-4-8-17/h2-14,16,21,24H,15H2,1H3. The first kappa shape index (κ1) is 15.4. The number of rotatable bonds is 2. The van der Waals surface area contributed by atoms with Crippen LogP contribution in [0.4, 0.5) is 0 Å². The number of hydrogen-bond acceptors (Lipinski definition) is 2. The van der Waals surface area contributed by atoms with E-state index < -0.39 is 0 Å². The molecule has 5 rings (SSSR count). The molecule has 3 aromatic carbocycles. The first-order chi connectivity index (χ1) is 12.8. The van der Waals surface area contributed by atoms with Crippen LogP contribution in [0.1, 0.15) is 30.4 Å². The number of benzene rings is 3. The molecular weight excluding hydrogens is 318 g/mol. The summed E-state index contributed by atoms with van der Waals surface area (Å²) in [6, 6.07) is 27.9. The van der Waals surface area contributed by atoms with Gasteiger partial charge in [-0.05, 0) is 41.7 Å². The van der Waals surface area contributed by atoms with Crippen LogP contribution in [-0.4, -0.2) is 17.9 Å². The zero-order chi connectivity index (χ0) is 17.5. The van der Waals surface area contributed by atoms with Crippen LogP contribution < -0.4 is 4.74 Å². The monoisotopic (exact) mass is 339 g/mol. The lowest BCUT2D eigenvalue weighted by Crippen LogP contribution is -2.35. The molecule has 2 heteroatoms. The van der Waals surface area contributed by atoms with Crippen LogP contribution in [0.2, 0.25) is 0 Å². The van der Waals surface area contributed by atoms with Crippen LogP contribution >= 0.6 is 0 Å². The van der Waals surface area contributed by atoms with Crippen molar-refractivity contribution in [1.29, 1.82) is 0 Å². The highest BCUT2D eigenvalue weighted by Gasteiger charge is 2.40. The lowest BCUT2D eigenvalue weighted by atomic mass is 9.84. The molecule has 0 aliphatic carbocycles. The average molecular weight is 339 g/mol. The SMILES string of the molecule is CC1Oc2ccccc2C2CC(c3ccc(-c4ccccc4)cc3)=NC12. The number of fused-ring (bicyclic) bond motifs is 3. The summed E-state index contributed by atoms with van der Waals surface area (Å²) in [5.74, 6) is 1.45. The van der Waals surface area contributed by atoms with Crippen molar-refractivity contribution in [2.75, 3.05) is 0 Å². The van der Waals surface area contributed by atoms with Gasteiger partial charge in [0.1, 0.15) is 11.9 Å². The lowest BCUT2D eigenvalue weighted by Gasteiger charge is -2.32. The van der Waals surface area contributed by atoms with E-state index in [1.165, 1.54) is 28.0 Å². The first-order valence-electron chi connectivity index (χ1n) is 9.28. The van der Waals surface area contributed by atoms with E-state index in [9.17, 15) is 0 Å². The van der Waals surface area contributed by atoms with E-state index in [0.717, 1.165) is 12.2 Å². The molecule has 2 nitrogen and oxygen atoms in total. The third kappa shape index (κ3) is 2.53. The van der Waals surface area contributed by atoms with Crippen molar-refractivity contribution < 1.29 is 4.74 Å². The Labute approximate surface area is 154 Å². The minimum absolute atomic E-state index is 0.121. The Hall–Kier alpha value is -2.87. The maximum atomic E-state index is 6.10. The summed E-state index contributed by atoms with van der Waals surface area (Å²) >= 11 is 0. The Kier molecular flexibility index (Phi) is 3.63. The number of hydrogen-bond donors (Lipinski definition) is 0. The molecule has 2 aliphatic heterocycles. The maximum Gasteiger partial charge on any atom is 0.123 e. The van der Waals surface area contributed by atoms with Gasteiger partial charge in [0.15, 0.2) is 0 Å². The topological polar surface area (TPSA) is 21.6 Å². The smallest absolute Gasteiger partial charge is 0.123 e. The quantitative estimate of drug-likeness (QED) is 0.606. The Morgan fingerprint density at radius 1 is 0.769 bits per heavy atom. The number of aliphatic imine (C=N–C) groups is 1. The average Bonchev–Trinajstić information content (AvgIpc) is 3.15. The van der Waals surface area contributed by atoms with E-state index in [4.69, 9.17) is 9.73 Å². The molecule has 0 saturated carbocycles. The lowest BCUT2D eigenvalue weighted by molar-refractivity contribution is 0.158. The molecule has 3 atom stereocenters. The predicted molar refractivity (Wildman–Crippen MR) is 106 cm³/mol. The van der Waals surface area contributed by atoms with Gasteiger partial charge < -0.3 is 4.74 Å². The summed E-state index contributed by atoms with van der Waals surface area (Å²) in [4.78, 5) is 5.05. The molecule has 0 amide bonds. The van der Waals surface area contributed by atoms with Crippen molar-refractivity contribution in [3.63, 3.8) is 0 Å². The molecule has 3 aromatic rings. The Bertz CT molecular complexity index is 959. The summed E-state index contributed by atoms with van der Waals surface area (Å²) < 4.78 is 6.10. The van der Waals surface area contributed by atoms with Gasteiger partial charge in [-0.1, -0.05) is 72.8 Å². The molecule has 0 aromatic heterocycles. The van der Waals surface area contributed by atoms with Crippen molar-refractivity contribution in [1.82, 2.24) is 0 Å². The molecule has 26 heavy (non-hydrogen) atoms. The highest BCUT2D eigenvalue weighted by atomic mass is 16.5. The summed E-state index contributed by atoms with van der Waals surface area (Å²) in [5.41, 5.74) is 6.22. The Morgan fingerprint density at radius 3 is 2.23 bits per heavy atom. The van der Waals surface area contributed by atoms with Gasteiger partial charge in [0.25, 0.3) is 0 Å². The van der Waals surface area contributed by atoms with Gasteiger partial charge in [-0.3, -0.25) is 4.99 Å². The van der Waals surface area contributed by atoms with Crippen LogP contribution in [0.15, 0.2) is 83.9 Å². The van der Waals surface area contributed by atoms with E-state index in [2.05, 4.69) is 73.7 Å². The maximum absolute atomic E-state index is 6.10. The molecule has 0 fully saturated rings. The van der Waals surface area contributed by atoms with Gasteiger partial charge in [0.05, 0.1) is 6.04 Å². The van der Waals surface area contributed by atoms with Crippen LogP contribution in [0, 0.1) is 0 Å². The molecule has 3 unspecified atom stereocenters. The Morgan fingerprint density at radius 2 is 1.42 bits per heavy atom. The minimum Gasteiger partial charge on any atom is -0.488 e. The summed E-state index contributed by atoms with van der Waals surface area (Å²) in [7, 11) is 0. The van der Waals surface area contributed by atoms with Gasteiger partial charge in [-0.2, -0.15) is 0 Å². The first-order valence-corrected chi connectivity index (χ1v) is 9.28. The van der Waals surface area contributed by atoms with Crippen molar-refractivity contribution >= 4 is 5.71 Å². The number of nitrogens with zero attached hydrogens (tertiary/aromatic N) is 1. The van der Waals surface area contributed by atoms with E-state index >= 15 is 0 Å². The third-order valence-electron chi connectivity index (χ3n) is 5.57. The van der Waals surface area contributed by atoms with Crippen molar-refractivity contribution in [3.8, 4) is 16.9 Å². The van der Waals surface area contributed by atoms with Gasteiger partial charge in [-0.15, -0.1) is 0 Å². The van der Waals surface area contributed by atoms with Gasteiger partial charge in [0, 0.05) is 11.6 Å². The summed E-state index contributed by atoms with van der Waals surface area (Å²) in [6.45, 7) is 2.14. The number of ether oxygens (including phenoxy) is 1. The minimum atomic E-state index is 0.121. The molecule has 0 bridgehead atoms. The zero-order valence-corrected chi connectivity index (χ0v) is 14.8. The van der Waals surface area contributed by atoms with Crippen molar-refractivity contribution in [3.05, 3.63) is 90.0 Å². The highest BCUT2D eigenvalue weighted by Crippen LogP contribution is 2.44. The molecule has 0 saturated heterocycles. The number of para-hydroxylation sites is 1. The van der Waals surface area contributed by atoms with Crippen LogP contribution in [0.25, 0.3) is 11.1 Å². The highest BCUT2D eigenvalue weighted by molar-refractivity contribution is 6.03. The second kappa shape index (κ2) is 6.14. The van der Waals surface area contributed by atoms with Crippen LogP contribution in [0.5, 0.6) is 5.75 Å². The molecule has 128 valence electrons. The fraction of sp³-hybridized carbons (Fsp3) is 0.208. The van der Waals surface area contributed by atoms with Gasteiger partial charge in [0.2, 0.25) is 0 Å². The molecule has 0 N–H and O–H groups in total. The van der Waals surface area contributed by atoms with Crippen LogP contribution in [0.3, 0.4) is 0 Å². The van der Waals surface area contributed by atoms with Crippen molar-refractivity contribution in [2.45, 2.75) is 31.4 Å². The van der Waals surface area contributed by atoms with E-state index in [0.29, 0.717) is 5.92 Å². The van der Waals surface area contributed by atoms with Gasteiger partial charge >= 0.3 is 0 Å². The molecule has 0 spiro atoms. The summed E-state index contributed by atoms with van der Waals surface area (Å²) in [6.07, 6.45) is 1.11. The second-order valence-electron chi connectivity index (χ2n) is 7.18. The van der Waals surface area contributed by atoms with Crippen LogP contribution in [-0.2, 0) is 0 Å². The Balaban J connectivity index is 1.45. The fourth-order valence-corrected chi connectivity index (χ4v) is 4.22. The summed E-state index contributed by atoms with van der Waals surface area (Å²) in [5, 5.41) is 0. The largest absolute Gasteiger partial charge is 0.488 e. The normalized spacial score (nSPS) is 23.6.